The van der Waals surface area contributed by atoms with Crippen LogP contribution in [-0.2, 0) is 14.8 Å². The molecule has 0 aromatic heterocycles. The van der Waals surface area contributed by atoms with E-state index in [1.165, 1.54) is 30.7 Å². The lowest BCUT2D eigenvalue weighted by atomic mass is 10.2. The lowest BCUT2D eigenvalue weighted by molar-refractivity contribution is -0.118. The second kappa shape index (κ2) is 10.0. The number of nitrogens with zero attached hydrogens (tertiary/aromatic N) is 1. The predicted octanol–water partition coefficient (Wildman–Crippen LogP) is 3.20. The molecule has 0 atom stereocenters. The maximum absolute atomic E-state index is 13.1. The molecule has 0 saturated carbocycles. The number of amides is 1. The van der Waals surface area contributed by atoms with Gasteiger partial charge in [0.25, 0.3) is 5.91 Å². The topological polar surface area (TPSA) is 94.2 Å². The molecule has 2 aromatic rings. The maximum Gasteiger partial charge on any atom is 0.262 e. The van der Waals surface area contributed by atoms with Gasteiger partial charge in [0.2, 0.25) is 10.0 Å². The van der Waals surface area contributed by atoms with Crippen LogP contribution in [-0.4, -0.2) is 52.5 Å². The van der Waals surface area contributed by atoms with Crippen LogP contribution in [0.4, 0.5) is 5.69 Å². The molecular weight excluding hydrogens is 420 g/mol. The maximum atomic E-state index is 13.1. The average molecular weight is 449 g/mol. The Morgan fingerprint density at radius 3 is 2.32 bits per heavy atom. The summed E-state index contributed by atoms with van der Waals surface area (Å²) < 4.78 is 43.8. The molecule has 168 valence electrons. The van der Waals surface area contributed by atoms with Gasteiger partial charge in [-0.05, 0) is 55.7 Å². The van der Waals surface area contributed by atoms with Crippen LogP contribution in [0.15, 0.2) is 41.3 Å². The molecule has 9 heteroatoms. The normalized spacial score (nSPS) is 14.7. The number of aryl methyl sites for hydroxylation is 1. The third-order valence-corrected chi connectivity index (χ3v) is 6.98. The van der Waals surface area contributed by atoms with Crippen LogP contribution >= 0.6 is 0 Å². The van der Waals surface area contributed by atoms with Gasteiger partial charge < -0.3 is 19.5 Å². The number of ether oxygens (including phenoxy) is 3. The summed E-state index contributed by atoms with van der Waals surface area (Å²) in [7, 11) is -0.769. The first-order valence-electron chi connectivity index (χ1n) is 10.1. The van der Waals surface area contributed by atoms with Crippen molar-refractivity contribution in [2.45, 2.75) is 31.1 Å². The molecule has 0 aliphatic carbocycles. The monoisotopic (exact) mass is 448 g/mol. The van der Waals surface area contributed by atoms with Gasteiger partial charge in [0.05, 0.1) is 14.2 Å². The zero-order valence-electron chi connectivity index (χ0n) is 18.0. The van der Waals surface area contributed by atoms with Gasteiger partial charge in [0.15, 0.2) is 18.1 Å². The number of carbonyl (C=O) groups excluding carboxylic acids is 1. The summed E-state index contributed by atoms with van der Waals surface area (Å²) >= 11 is 0. The van der Waals surface area contributed by atoms with E-state index in [0.29, 0.717) is 30.3 Å². The molecule has 0 spiro atoms. The minimum Gasteiger partial charge on any atom is -0.495 e. The SMILES string of the molecule is COc1cc(C)ccc1OCC(=O)Nc1ccc(OC)c(S(=O)(=O)N2CCCCC2)c1. The first-order chi connectivity index (χ1) is 14.8. The van der Waals surface area contributed by atoms with E-state index in [1.54, 1.807) is 12.1 Å². The lowest BCUT2D eigenvalue weighted by Crippen LogP contribution is -2.35. The summed E-state index contributed by atoms with van der Waals surface area (Å²) in [6.45, 7) is 2.64. The molecule has 1 amide bonds. The molecule has 31 heavy (non-hydrogen) atoms. The molecule has 1 heterocycles. The Labute approximate surface area is 183 Å². The summed E-state index contributed by atoms with van der Waals surface area (Å²) in [5, 5.41) is 2.68. The van der Waals surface area contributed by atoms with Crippen molar-refractivity contribution in [2.24, 2.45) is 0 Å². The van der Waals surface area contributed by atoms with Crippen LogP contribution in [0.25, 0.3) is 0 Å². The quantitative estimate of drug-likeness (QED) is 0.667. The van der Waals surface area contributed by atoms with E-state index >= 15 is 0 Å². The lowest BCUT2D eigenvalue weighted by Gasteiger charge is -2.26. The number of methoxy groups -OCH3 is 2. The molecule has 8 nitrogen and oxygen atoms in total. The second-order valence-corrected chi connectivity index (χ2v) is 9.23. The number of rotatable bonds is 8. The van der Waals surface area contributed by atoms with Crippen LogP contribution in [0.5, 0.6) is 17.2 Å². The molecule has 3 rings (SSSR count). The molecule has 0 bridgehead atoms. The van der Waals surface area contributed by atoms with Gasteiger partial charge in [-0.3, -0.25) is 4.79 Å². The smallest absolute Gasteiger partial charge is 0.262 e. The summed E-state index contributed by atoms with van der Waals surface area (Å²) in [6, 6.07) is 9.96. The number of hydrogen-bond donors (Lipinski definition) is 1. The molecule has 0 unspecified atom stereocenters. The fourth-order valence-electron chi connectivity index (χ4n) is 3.43. The fourth-order valence-corrected chi connectivity index (χ4v) is 5.13. The van der Waals surface area contributed by atoms with Crippen molar-refractivity contribution in [1.82, 2.24) is 4.31 Å². The van der Waals surface area contributed by atoms with Gasteiger partial charge in [0.1, 0.15) is 10.6 Å². The minimum absolute atomic E-state index is 0.0378. The van der Waals surface area contributed by atoms with Crippen LogP contribution < -0.4 is 19.5 Å². The first kappa shape index (κ1) is 22.9. The molecule has 1 N–H and O–H groups in total. The zero-order valence-corrected chi connectivity index (χ0v) is 18.8. The van der Waals surface area contributed by atoms with Gasteiger partial charge in [-0.1, -0.05) is 12.5 Å². The summed E-state index contributed by atoms with van der Waals surface area (Å²) in [6.07, 6.45) is 2.68. The van der Waals surface area contributed by atoms with Crippen molar-refractivity contribution < 1.29 is 27.4 Å². The first-order valence-corrected chi connectivity index (χ1v) is 11.5. The van der Waals surface area contributed by atoms with E-state index in [-0.39, 0.29) is 17.3 Å². The number of sulfonamides is 1. The Hall–Kier alpha value is -2.78. The van der Waals surface area contributed by atoms with Gasteiger partial charge in [-0.15, -0.1) is 0 Å². The van der Waals surface area contributed by atoms with Gasteiger partial charge in [-0.25, -0.2) is 8.42 Å². The van der Waals surface area contributed by atoms with Gasteiger partial charge in [0, 0.05) is 18.8 Å². The van der Waals surface area contributed by atoms with Crippen LogP contribution in [0, 0.1) is 6.92 Å². The van der Waals surface area contributed by atoms with Gasteiger partial charge >= 0.3 is 0 Å². The van der Waals surface area contributed by atoms with Crippen molar-refractivity contribution in [2.75, 3.05) is 39.2 Å². The highest BCUT2D eigenvalue weighted by Crippen LogP contribution is 2.31. The highest BCUT2D eigenvalue weighted by Gasteiger charge is 2.29. The van der Waals surface area contributed by atoms with Crippen LogP contribution in [0.1, 0.15) is 24.8 Å². The van der Waals surface area contributed by atoms with Crippen molar-refractivity contribution in [1.29, 1.82) is 0 Å². The number of carbonyl (C=O) groups is 1. The summed E-state index contributed by atoms with van der Waals surface area (Å²) in [4.78, 5) is 12.4. The number of hydrogen-bond acceptors (Lipinski definition) is 6. The van der Waals surface area contributed by atoms with E-state index in [0.717, 1.165) is 24.8 Å². The van der Waals surface area contributed by atoms with Crippen molar-refractivity contribution >= 4 is 21.6 Å². The van der Waals surface area contributed by atoms with E-state index in [9.17, 15) is 13.2 Å². The van der Waals surface area contributed by atoms with E-state index in [1.807, 2.05) is 19.1 Å². The number of benzene rings is 2. The summed E-state index contributed by atoms with van der Waals surface area (Å²) in [5.74, 6) is 0.803. The van der Waals surface area contributed by atoms with E-state index < -0.39 is 15.9 Å². The predicted molar refractivity (Wildman–Crippen MR) is 117 cm³/mol. The van der Waals surface area contributed by atoms with Crippen molar-refractivity contribution in [3.8, 4) is 17.2 Å². The Kier molecular flexibility index (Phi) is 7.40. The van der Waals surface area contributed by atoms with Crippen molar-refractivity contribution in [3.63, 3.8) is 0 Å². The molecular formula is C22H28N2O6S. The second-order valence-electron chi connectivity index (χ2n) is 7.32. The fraction of sp³-hybridized carbons (Fsp3) is 0.409. The molecule has 1 aliphatic heterocycles. The Bertz CT molecular complexity index is 1030. The molecule has 1 saturated heterocycles. The van der Waals surface area contributed by atoms with Crippen LogP contribution in [0.2, 0.25) is 0 Å². The van der Waals surface area contributed by atoms with Crippen LogP contribution in [0.3, 0.4) is 0 Å². The van der Waals surface area contributed by atoms with E-state index in [4.69, 9.17) is 14.2 Å². The molecule has 0 radical (unpaired) electrons. The third kappa shape index (κ3) is 5.48. The number of piperidine rings is 1. The minimum atomic E-state index is -3.72. The molecule has 2 aromatic carbocycles. The van der Waals surface area contributed by atoms with Gasteiger partial charge in [-0.2, -0.15) is 4.31 Å². The number of nitrogens with one attached hydrogen (secondary N) is 1. The third-order valence-electron chi connectivity index (χ3n) is 5.06. The zero-order chi connectivity index (χ0) is 22.4. The summed E-state index contributed by atoms with van der Waals surface area (Å²) in [5.41, 5.74) is 1.36. The molecule has 1 aliphatic rings. The standard InChI is InChI=1S/C22H28N2O6S/c1-16-7-9-18(20(13-16)29-3)30-15-22(25)23-17-8-10-19(28-2)21(14-17)31(26,27)24-11-5-4-6-12-24/h7-10,13-14H,4-6,11-12,15H2,1-3H3,(H,23,25). The number of anilines is 1. The largest absolute Gasteiger partial charge is 0.495 e. The van der Waals surface area contributed by atoms with E-state index in [2.05, 4.69) is 5.32 Å². The Morgan fingerprint density at radius 1 is 0.968 bits per heavy atom. The average Bonchev–Trinajstić information content (AvgIpc) is 2.78. The Morgan fingerprint density at radius 2 is 1.65 bits per heavy atom. The Balaban J connectivity index is 1.73. The van der Waals surface area contributed by atoms with Crippen molar-refractivity contribution in [3.05, 3.63) is 42.0 Å². The highest BCUT2D eigenvalue weighted by molar-refractivity contribution is 7.89. The highest BCUT2D eigenvalue weighted by atomic mass is 32.2. The molecule has 1 fully saturated rings.